The Balaban J connectivity index is 1.31. The van der Waals surface area contributed by atoms with Crippen LogP contribution < -0.4 is 14.4 Å². The molecule has 0 aliphatic carbocycles. The van der Waals surface area contributed by atoms with Gasteiger partial charge in [0.25, 0.3) is 5.91 Å². The molecular weight excluding hydrogens is 356 g/mol. The minimum absolute atomic E-state index is 0.0399. The van der Waals surface area contributed by atoms with Crippen LogP contribution in [0.25, 0.3) is 10.9 Å². The van der Waals surface area contributed by atoms with Crippen molar-refractivity contribution in [2.24, 2.45) is 0 Å². The van der Waals surface area contributed by atoms with Crippen molar-refractivity contribution in [3.63, 3.8) is 0 Å². The number of benzene rings is 2. The van der Waals surface area contributed by atoms with Gasteiger partial charge in [0.15, 0.2) is 0 Å². The minimum Gasteiger partial charge on any atom is -0.493 e. The fraction of sp³-hybridized carbons (Fsp3) is 0.273. The van der Waals surface area contributed by atoms with Crippen molar-refractivity contribution in [3.8, 4) is 11.5 Å². The van der Waals surface area contributed by atoms with E-state index in [0.29, 0.717) is 19.8 Å². The van der Waals surface area contributed by atoms with Crippen molar-refractivity contribution in [1.29, 1.82) is 0 Å². The zero-order valence-corrected chi connectivity index (χ0v) is 15.3. The first-order valence-electron chi connectivity index (χ1n) is 9.42. The molecule has 2 aromatic carbocycles. The van der Waals surface area contributed by atoms with Gasteiger partial charge in [-0.2, -0.15) is 0 Å². The summed E-state index contributed by atoms with van der Waals surface area (Å²) in [5.74, 6) is 1.59. The van der Waals surface area contributed by atoms with Crippen molar-refractivity contribution >= 4 is 22.5 Å². The van der Waals surface area contributed by atoms with Crippen LogP contribution in [0, 0.1) is 0 Å². The second-order valence-electron chi connectivity index (χ2n) is 6.97. The number of carbonyl (C=O) groups excluding carboxylic acids is 1. The highest BCUT2D eigenvalue weighted by Gasteiger charge is 2.29. The van der Waals surface area contributed by atoms with Crippen LogP contribution in [-0.2, 0) is 16.0 Å². The average molecular weight is 376 g/mol. The summed E-state index contributed by atoms with van der Waals surface area (Å²) in [6.45, 7) is 1.56. The summed E-state index contributed by atoms with van der Waals surface area (Å²) in [6.07, 6.45) is 2.42. The van der Waals surface area contributed by atoms with Gasteiger partial charge in [-0.1, -0.05) is 18.2 Å². The van der Waals surface area contributed by atoms with E-state index >= 15 is 0 Å². The quantitative estimate of drug-likeness (QED) is 0.701. The third-order valence-corrected chi connectivity index (χ3v) is 5.13. The van der Waals surface area contributed by atoms with Crippen molar-refractivity contribution in [3.05, 3.63) is 60.3 Å². The van der Waals surface area contributed by atoms with Crippen LogP contribution >= 0.6 is 0 Å². The number of rotatable bonds is 4. The molecule has 0 saturated carbocycles. The average Bonchev–Trinajstić information content (AvgIpc) is 3.21. The number of para-hydroxylation sites is 1. The first-order valence-corrected chi connectivity index (χ1v) is 9.42. The third kappa shape index (κ3) is 3.16. The van der Waals surface area contributed by atoms with E-state index in [-0.39, 0.29) is 18.6 Å². The molecule has 1 atom stereocenters. The Hall–Kier alpha value is -3.12. The summed E-state index contributed by atoms with van der Waals surface area (Å²) in [4.78, 5) is 18.6. The molecule has 6 heteroatoms. The lowest BCUT2D eigenvalue weighted by Crippen LogP contribution is -2.48. The van der Waals surface area contributed by atoms with E-state index in [2.05, 4.69) is 4.98 Å². The van der Waals surface area contributed by atoms with Crippen LogP contribution in [0.2, 0.25) is 0 Å². The van der Waals surface area contributed by atoms with E-state index in [1.54, 1.807) is 11.1 Å². The summed E-state index contributed by atoms with van der Waals surface area (Å²) >= 11 is 0. The largest absolute Gasteiger partial charge is 0.493 e. The molecular formula is C22H20N2O4. The molecule has 1 aromatic heterocycles. The number of fused-ring (bicyclic) bond motifs is 2. The SMILES string of the molecule is O=C1COC(COc2cccc3cccnc23)CN1c1ccc2c(c1)CCO2. The van der Waals surface area contributed by atoms with Crippen LogP contribution in [0.4, 0.5) is 5.69 Å². The smallest absolute Gasteiger partial charge is 0.253 e. The summed E-state index contributed by atoms with van der Waals surface area (Å²) < 4.78 is 17.3. The summed E-state index contributed by atoms with van der Waals surface area (Å²) in [7, 11) is 0. The van der Waals surface area contributed by atoms with Crippen LogP contribution in [0.3, 0.4) is 0 Å². The van der Waals surface area contributed by atoms with Crippen molar-refractivity contribution in [1.82, 2.24) is 4.98 Å². The number of morpholine rings is 1. The molecule has 6 nitrogen and oxygen atoms in total. The van der Waals surface area contributed by atoms with Crippen molar-refractivity contribution < 1.29 is 19.0 Å². The number of aromatic nitrogens is 1. The van der Waals surface area contributed by atoms with Gasteiger partial charge in [0.1, 0.15) is 36.3 Å². The highest BCUT2D eigenvalue weighted by Crippen LogP contribution is 2.31. The highest BCUT2D eigenvalue weighted by molar-refractivity contribution is 5.95. The van der Waals surface area contributed by atoms with Crippen molar-refractivity contribution in [2.45, 2.75) is 12.5 Å². The van der Waals surface area contributed by atoms with Gasteiger partial charge in [-0.3, -0.25) is 9.78 Å². The molecule has 1 unspecified atom stereocenters. The second kappa shape index (κ2) is 7.13. The van der Waals surface area contributed by atoms with E-state index in [4.69, 9.17) is 14.2 Å². The maximum Gasteiger partial charge on any atom is 0.253 e. The molecule has 0 N–H and O–H groups in total. The predicted molar refractivity (Wildman–Crippen MR) is 105 cm³/mol. The minimum atomic E-state index is -0.207. The summed E-state index contributed by atoms with van der Waals surface area (Å²) in [5.41, 5.74) is 2.85. The monoisotopic (exact) mass is 376 g/mol. The van der Waals surface area contributed by atoms with Gasteiger partial charge in [0, 0.05) is 23.7 Å². The van der Waals surface area contributed by atoms with Gasteiger partial charge in [-0.25, -0.2) is 0 Å². The lowest BCUT2D eigenvalue weighted by Gasteiger charge is -2.32. The number of amides is 1. The number of anilines is 1. The maximum atomic E-state index is 12.4. The van der Waals surface area contributed by atoms with E-state index in [1.165, 1.54) is 0 Å². The topological polar surface area (TPSA) is 60.9 Å². The molecule has 142 valence electrons. The predicted octanol–water partition coefficient (Wildman–Crippen LogP) is 2.98. The Labute approximate surface area is 162 Å². The first kappa shape index (κ1) is 17.0. The van der Waals surface area contributed by atoms with Gasteiger partial charge in [0.2, 0.25) is 0 Å². The standard InChI is InChI=1S/C22H20N2O4/c25-21-14-27-18(12-24(21)17-6-7-19-16(11-17)8-10-26-19)13-28-20-5-1-3-15-4-2-9-23-22(15)20/h1-7,9,11,18H,8,10,12-14H2. The number of pyridine rings is 1. The number of nitrogens with zero attached hydrogens (tertiary/aromatic N) is 2. The number of hydrogen-bond donors (Lipinski definition) is 0. The van der Waals surface area contributed by atoms with Gasteiger partial charge in [0.05, 0.1) is 13.2 Å². The molecule has 2 aliphatic rings. The Morgan fingerprint density at radius 1 is 1.18 bits per heavy atom. The molecule has 0 bridgehead atoms. The van der Waals surface area contributed by atoms with E-state index in [1.807, 2.05) is 48.5 Å². The highest BCUT2D eigenvalue weighted by atomic mass is 16.5. The van der Waals surface area contributed by atoms with E-state index in [9.17, 15) is 4.79 Å². The van der Waals surface area contributed by atoms with Crippen LogP contribution in [0.5, 0.6) is 11.5 Å². The molecule has 28 heavy (non-hydrogen) atoms. The lowest BCUT2D eigenvalue weighted by atomic mass is 10.1. The maximum absolute atomic E-state index is 12.4. The fourth-order valence-corrected chi connectivity index (χ4v) is 3.69. The fourth-order valence-electron chi connectivity index (χ4n) is 3.69. The molecule has 5 rings (SSSR count). The zero-order chi connectivity index (χ0) is 18.9. The van der Waals surface area contributed by atoms with E-state index < -0.39 is 0 Å². The lowest BCUT2D eigenvalue weighted by molar-refractivity contribution is -0.130. The molecule has 1 amide bonds. The van der Waals surface area contributed by atoms with Crippen LogP contribution in [0.15, 0.2) is 54.7 Å². The van der Waals surface area contributed by atoms with Gasteiger partial charge in [-0.05, 0) is 35.9 Å². The Morgan fingerprint density at radius 3 is 3.07 bits per heavy atom. The van der Waals surface area contributed by atoms with E-state index in [0.717, 1.165) is 40.1 Å². The molecule has 1 saturated heterocycles. The number of hydrogen-bond acceptors (Lipinski definition) is 5. The second-order valence-corrected chi connectivity index (χ2v) is 6.97. The molecule has 0 spiro atoms. The molecule has 1 fully saturated rings. The van der Waals surface area contributed by atoms with Crippen LogP contribution in [-0.4, -0.2) is 43.4 Å². The Morgan fingerprint density at radius 2 is 2.11 bits per heavy atom. The zero-order valence-electron chi connectivity index (χ0n) is 15.3. The summed E-state index contributed by atoms with van der Waals surface area (Å²) in [5, 5.41) is 1.03. The van der Waals surface area contributed by atoms with Gasteiger partial charge >= 0.3 is 0 Å². The molecule has 0 radical (unpaired) electrons. The first-order chi connectivity index (χ1) is 13.8. The Kier molecular flexibility index (Phi) is 4.33. The van der Waals surface area contributed by atoms with Gasteiger partial charge in [-0.15, -0.1) is 0 Å². The van der Waals surface area contributed by atoms with Crippen molar-refractivity contribution in [2.75, 3.05) is 31.3 Å². The summed E-state index contributed by atoms with van der Waals surface area (Å²) in [6, 6.07) is 15.7. The molecule has 2 aliphatic heterocycles. The Bertz CT molecular complexity index is 1030. The van der Waals surface area contributed by atoms with Gasteiger partial charge < -0.3 is 19.1 Å². The van der Waals surface area contributed by atoms with Crippen LogP contribution in [0.1, 0.15) is 5.56 Å². The molecule has 3 aromatic rings. The normalized spacial score (nSPS) is 18.8. The third-order valence-electron chi connectivity index (χ3n) is 5.13. The number of ether oxygens (including phenoxy) is 3. The number of carbonyl (C=O) groups is 1. The molecule has 3 heterocycles.